The summed E-state index contributed by atoms with van der Waals surface area (Å²) in [5, 5.41) is 29.1. The number of aliphatic hydroxyl groups excluding tert-OH is 2. The van der Waals surface area contributed by atoms with E-state index in [0.717, 1.165) is 28.4 Å². The number of rotatable bonds is 8. The Kier molecular flexibility index (Phi) is 7.61. The van der Waals surface area contributed by atoms with Crippen molar-refractivity contribution < 1.29 is 15.0 Å². The summed E-state index contributed by atoms with van der Waals surface area (Å²) in [6.45, 7) is 2.48. The maximum absolute atomic E-state index is 13.9. The van der Waals surface area contributed by atoms with Crippen LogP contribution in [0.5, 0.6) is 0 Å². The second-order valence-corrected chi connectivity index (χ2v) is 10.2. The van der Waals surface area contributed by atoms with E-state index in [4.69, 9.17) is 23.2 Å². The molecule has 2 unspecified atom stereocenters. The number of aliphatic hydroxyl groups is 2. The van der Waals surface area contributed by atoms with E-state index in [1.54, 1.807) is 35.2 Å². The molecule has 0 aromatic heterocycles. The van der Waals surface area contributed by atoms with E-state index in [1.165, 1.54) is 0 Å². The first kappa shape index (κ1) is 26.1. The Bertz CT molecular complexity index is 1510. The Labute approximate surface area is 231 Å². The zero-order valence-electron chi connectivity index (χ0n) is 20.9. The molecule has 7 heteroatoms. The van der Waals surface area contributed by atoms with E-state index in [0.29, 0.717) is 27.8 Å². The number of carbonyl (C=O) groups is 1. The smallest absolute Gasteiger partial charge is 0.169 e. The Hall–Kier alpha value is -3.51. The van der Waals surface area contributed by atoms with Gasteiger partial charge in [-0.25, -0.2) is 0 Å². The van der Waals surface area contributed by atoms with E-state index in [9.17, 15) is 15.0 Å². The molecule has 0 spiro atoms. The van der Waals surface area contributed by atoms with Crippen molar-refractivity contribution in [1.29, 1.82) is 0 Å². The SMILES string of the molecule is CCCN1c2cccc(Cl)c2C(O)=C(C(=O)CC(Nc2cccc3ccccc23)c2ccc(Cl)cc2)C1O. The number of anilines is 2. The Balaban J connectivity index is 1.55. The highest BCUT2D eigenvalue weighted by Crippen LogP contribution is 2.41. The van der Waals surface area contributed by atoms with E-state index >= 15 is 0 Å². The molecule has 5 rings (SSSR count). The van der Waals surface area contributed by atoms with Gasteiger partial charge in [0.2, 0.25) is 0 Å². The summed E-state index contributed by atoms with van der Waals surface area (Å²) >= 11 is 12.6. The third-order valence-corrected chi connectivity index (χ3v) is 7.46. The molecule has 1 aliphatic heterocycles. The highest BCUT2D eigenvalue weighted by molar-refractivity contribution is 6.33. The predicted octanol–water partition coefficient (Wildman–Crippen LogP) is 7.78. The Morgan fingerprint density at radius 2 is 1.68 bits per heavy atom. The van der Waals surface area contributed by atoms with E-state index < -0.39 is 12.3 Å². The number of nitrogens with zero attached hydrogens (tertiary/aromatic N) is 1. The molecule has 38 heavy (non-hydrogen) atoms. The molecule has 194 valence electrons. The number of nitrogens with one attached hydrogen (secondary N) is 1. The summed E-state index contributed by atoms with van der Waals surface area (Å²) in [5.74, 6) is -0.662. The summed E-state index contributed by atoms with van der Waals surface area (Å²) in [4.78, 5) is 15.6. The average molecular weight is 547 g/mol. The van der Waals surface area contributed by atoms with Crippen LogP contribution in [0.1, 0.15) is 36.9 Å². The van der Waals surface area contributed by atoms with Crippen molar-refractivity contribution >= 4 is 56.9 Å². The lowest BCUT2D eigenvalue weighted by atomic mass is 9.91. The number of Topliss-reactive ketones (excluding diaryl/α,β-unsaturated/α-hetero) is 1. The minimum Gasteiger partial charge on any atom is -0.507 e. The van der Waals surface area contributed by atoms with Gasteiger partial charge in [-0.2, -0.15) is 0 Å². The molecule has 3 N–H and O–H groups in total. The standard InChI is InChI=1S/C31H28Cl2N2O3/c1-2-17-35-26-12-6-10-23(33)28(26)30(37)29(31(35)38)27(36)18-25(20-13-15-21(32)16-14-20)34-24-11-5-8-19-7-3-4-9-22(19)24/h3-16,25,31,34,37-38H,2,17-18H2,1H3. The summed E-state index contributed by atoms with van der Waals surface area (Å²) < 4.78 is 0. The fourth-order valence-corrected chi connectivity index (χ4v) is 5.46. The zero-order valence-corrected chi connectivity index (χ0v) is 22.4. The number of halogens is 2. The molecule has 0 amide bonds. The number of benzene rings is 4. The zero-order chi connectivity index (χ0) is 26.8. The number of hydrogen-bond donors (Lipinski definition) is 3. The third-order valence-electron chi connectivity index (χ3n) is 6.89. The van der Waals surface area contributed by atoms with Gasteiger partial charge in [0.05, 0.1) is 27.9 Å². The van der Waals surface area contributed by atoms with Gasteiger partial charge in [0.1, 0.15) is 5.76 Å². The summed E-state index contributed by atoms with van der Waals surface area (Å²) in [6, 6.07) is 26.1. The fraction of sp³-hybridized carbons (Fsp3) is 0.194. The molecular formula is C31H28Cl2N2O3. The predicted molar refractivity (Wildman–Crippen MR) is 156 cm³/mol. The van der Waals surface area contributed by atoms with Crippen molar-refractivity contribution in [3.8, 4) is 0 Å². The van der Waals surface area contributed by atoms with Crippen LogP contribution in [0.2, 0.25) is 10.0 Å². The molecular weight excluding hydrogens is 519 g/mol. The average Bonchev–Trinajstić information content (AvgIpc) is 2.91. The number of carbonyl (C=O) groups excluding carboxylic acids is 1. The number of fused-ring (bicyclic) bond motifs is 2. The van der Waals surface area contributed by atoms with E-state index in [1.807, 2.05) is 61.5 Å². The van der Waals surface area contributed by atoms with Gasteiger partial charge in [-0.3, -0.25) is 4.79 Å². The highest BCUT2D eigenvalue weighted by atomic mass is 35.5. The van der Waals surface area contributed by atoms with Crippen LogP contribution >= 0.6 is 23.2 Å². The lowest BCUT2D eigenvalue weighted by Crippen LogP contribution is -2.43. The van der Waals surface area contributed by atoms with Gasteiger partial charge in [0.15, 0.2) is 12.0 Å². The Morgan fingerprint density at radius 1 is 0.974 bits per heavy atom. The third kappa shape index (κ3) is 4.97. The molecule has 0 saturated heterocycles. The lowest BCUT2D eigenvalue weighted by molar-refractivity contribution is -0.116. The first-order valence-corrected chi connectivity index (χ1v) is 13.3. The van der Waals surface area contributed by atoms with Gasteiger partial charge in [-0.15, -0.1) is 0 Å². The fourth-order valence-electron chi connectivity index (χ4n) is 5.07. The van der Waals surface area contributed by atoms with Gasteiger partial charge in [0.25, 0.3) is 0 Å². The second-order valence-electron chi connectivity index (χ2n) is 9.37. The van der Waals surface area contributed by atoms with Crippen molar-refractivity contribution in [3.05, 3.63) is 112 Å². The van der Waals surface area contributed by atoms with Crippen LogP contribution in [0.4, 0.5) is 11.4 Å². The lowest BCUT2D eigenvalue weighted by Gasteiger charge is -2.37. The molecule has 1 heterocycles. The normalized spacial score (nSPS) is 15.9. The molecule has 2 atom stereocenters. The minimum atomic E-state index is -1.29. The maximum Gasteiger partial charge on any atom is 0.169 e. The van der Waals surface area contributed by atoms with Crippen LogP contribution in [0.15, 0.2) is 90.5 Å². The van der Waals surface area contributed by atoms with Crippen molar-refractivity contribution in [2.75, 3.05) is 16.8 Å². The molecule has 1 aliphatic rings. The van der Waals surface area contributed by atoms with Crippen LogP contribution < -0.4 is 10.2 Å². The van der Waals surface area contributed by atoms with Crippen molar-refractivity contribution in [3.63, 3.8) is 0 Å². The molecule has 0 bridgehead atoms. The minimum absolute atomic E-state index is 0.0128. The van der Waals surface area contributed by atoms with Crippen molar-refractivity contribution in [2.24, 2.45) is 0 Å². The molecule has 4 aromatic rings. The van der Waals surface area contributed by atoms with Crippen LogP contribution in [0, 0.1) is 0 Å². The summed E-state index contributed by atoms with van der Waals surface area (Å²) in [5.41, 5.74) is 2.63. The second kappa shape index (κ2) is 11.1. The van der Waals surface area contributed by atoms with Gasteiger partial charge in [-0.1, -0.05) is 84.7 Å². The van der Waals surface area contributed by atoms with Gasteiger partial charge >= 0.3 is 0 Å². The molecule has 0 aliphatic carbocycles. The van der Waals surface area contributed by atoms with Crippen LogP contribution in [-0.4, -0.2) is 28.8 Å². The Morgan fingerprint density at radius 3 is 2.45 bits per heavy atom. The molecule has 0 fully saturated rings. The maximum atomic E-state index is 13.9. The largest absolute Gasteiger partial charge is 0.507 e. The number of ketones is 1. The first-order chi connectivity index (χ1) is 18.4. The van der Waals surface area contributed by atoms with E-state index in [2.05, 4.69) is 5.32 Å². The van der Waals surface area contributed by atoms with Crippen LogP contribution in [-0.2, 0) is 4.79 Å². The molecule has 5 nitrogen and oxygen atoms in total. The molecule has 0 radical (unpaired) electrons. The molecule has 0 saturated carbocycles. The van der Waals surface area contributed by atoms with Crippen molar-refractivity contribution in [2.45, 2.75) is 32.0 Å². The summed E-state index contributed by atoms with van der Waals surface area (Å²) in [6.07, 6.45) is -0.570. The highest BCUT2D eigenvalue weighted by Gasteiger charge is 2.37. The topological polar surface area (TPSA) is 72.8 Å². The number of hydrogen-bond acceptors (Lipinski definition) is 5. The molecule has 4 aromatic carbocycles. The first-order valence-electron chi connectivity index (χ1n) is 12.6. The quantitative estimate of drug-likeness (QED) is 0.210. The van der Waals surface area contributed by atoms with Crippen LogP contribution in [0.25, 0.3) is 16.5 Å². The van der Waals surface area contributed by atoms with Crippen molar-refractivity contribution in [1.82, 2.24) is 0 Å². The van der Waals surface area contributed by atoms with Crippen LogP contribution in [0.3, 0.4) is 0 Å². The monoisotopic (exact) mass is 546 g/mol. The van der Waals surface area contributed by atoms with Gasteiger partial charge < -0.3 is 20.4 Å². The van der Waals surface area contributed by atoms with E-state index in [-0.39, 0.29) is 23.5 Å². The van der Waals surface area contributed by atoms with Gasteiger partial charge in [-0.05, 0) is 47.7 Å². The summed E-state index contributed by atoms with van der Waals surface area (Å²) in [7, 11) is 0. The van der Waals surface area contributed by atoms with Gasteiger partial charge in [0, 0.05) is 29.1 Å².